The van der Waals surface area contributed by atoms with E-state index in [1.807, 2.05) is 42.6 Å². The van der Waals surface area contributed by atoms with Gasteiger partial charge in [-0.2, -0.15) is 0 Å². The molecule has 0 aliphatic carbocycles. The van der Waals surface area contributed by atoms with Gasteiger partial charge in [-0.15, -0.1) is 29.3 Å². The first-order chi connectivity index (χ1) is 23.9. The summed E-state index contributed by atoms with van der Waals surface area (Å²) in [7, 11) is 0. The van der Waals surface area contributed by atoms with Crippen LogP contribution >= 0.6 is 0 Å². The van der Waals surface area contributed by atoms with Crippen molar-refractivity contribution in [2.45, 2.75) is 65.2 Å². The molecule has 1 unspecified atom stereocenters. The van der Waals surface area contributed by atoms with E-state index in [-0.39, 0.29) is 43.6 Å². The Labute approximate surface area is 315 Å². The van der Waals surface area contributed by atoms with E-state index in [9.17, 15) is 5.11 Å². The maximum atomic E-state index is 11.6. The van der Waals surface area contributed by atoms with Gasteiger partial charge in [-0.05, 0) is 57.2 Å². The van der Waals surface area contributed by atoms with E-state index in [4.69, 9.17) is 14.4 Å². The van der Waals surface area contributed by atoms with Gasteiger partial charge in [0, 0.05) is 38.5 Å². The van der Waals surface area contributed by atoms with Crippen molar-refractivity contribution in [3.8, 4) is 50.7 Å². The SMILES string of the molecule is CC(c1ccccc1)c1cc(-c2cc(-c3ccccc3)ccn2)[c-]c(-c2cccc3oc(-c4cc(C(C)(C)C)cc(C(C)(C)C)c4O)nc23)c1.[Pt]. The molecule has 0 bridgehead atoms. The predicted octanol–water partition coefficient (Wildman–Crippen LogP) is 12.1. The van der Waals surface area contributed by atoms with Crippen LogP contribution in [0.1, 0.15) is 76.6 Å². The van der Waals surface area contributed by atoms with Crippen LogP contribution in [0.25, 0.3) is 56.1 Å². The second-order valence-corrected chi connectivity index (χ2v) is 15.3. The van der Waals surface area contributed by atoms with Crippen LogP contribution in [0.2, 0.25) is 0 Å². The molecule has 4 nitrogen and oxygen atoms in total. The first kappa shape index (κ1) is 36.0. The Hall–Kier alpha value is -4.79. The summed E-state index contributed by atoms with van der Waals surface area (Å²) in [5, 5.41) is 11.6. The zero-order valence-electron chi connectivity index (χ0n) is 30.2. The third-order valence-corrected chi connectivity index (χ3v) is 9.56. The molecule has 0 spiro atoms. The van der Waals surface area contributed by atoms with Crippen LogP contribution in [0, 0.1) is 6.07 Å². The Balaban J connectivity index is 0.00000448. The van der Waals surface area contributed by atoms with Gasteiger partial charge in [0.05, 0.1) is 11.1 Å². The molecule has 0 aliphatic rings. The largest absolute Gasteiger partial charge is 0.507 e. The molecular weight excluding hydrogens is 808 g/mol. The average Bonchev–Trinajstić information content (AvgIpc) is 3.55. The van der Waals surface area contributed by atoms with Gasteiger partial charge >= 0.3 is 0 Å². The number of pyridine rings is 1. The van der Waals surface area contributed by atoms with Crippen molar-refractivity contribution in [2.75, 3.05) is 0 Å². The van der Waals surface area contributed by atoms with Gasteiger partial charge < -0.3 is 9.52 Å². The molecule has 0 saturated heterocycles. The summed E-state index contributed by atoms with van der Waals surface area (Å²) in [5.41, 5.74) is 11.7. The van der Waals surface area contributed by atoms with Crippen molar-refractivity contribution < 1.29 is 30.6 Å². The fraction of sp³-hybridized carbons (Fsp3) is 0.217. The van der Waals surface area contributed by atoms with Crippen molar-refractivity contribution in [1.29, 1.82) is 0 Å². The number of nitrogens with zero attached hydrogens (tertiary/aromatic N) is 2. The van der Waals surface area contributed by atoms with Gasteiger partial charge in [0.15, 0.2) is 0 Å². The number of fused-ring (bicyclic) bond motifs is 1. The second-order valence-electron chi connectivity index (χ2n) is 15.3. The zero-order valence-corrected chi connectivity index (χ0v) is 32.5. The van der Waals surface area contributed by atoms with Crippen molar-refractivity contribution in [3.63, 3.8) is 0 Å². The minimum absolute atomic E-state index is 0. The number of benzene rings is 5. The number of rotatable bonds is 6. The monoisotopic (exact) mass is 850 g/mol. The van der Waals surface area contributed by atoms with Crippen molar-refractivity contribution in [1.82, 2.24) is 9.97 Å². The number of hydrogen-bond donors (Lipinski definition) is 1. The molecular formula is C46H43N2O2Pt-. The number of phenolic OH excluding ortho intramolecular Hbond substituents is 1. The first-order valence-electron chi connectivity index (χ1n) is 17.3. The second kappa shape index (κ2) is 14.1. The molecule has 2 heterocycles. The summed E-state index contributed by atoms with van der Waals surface area (Å²) < 4.78 is 6.46. The fourth-order valence-corrected chi connectivity index (χ4v) is 6.53. The molecule has 1 N–H and O–H groups in total. The standard InChI is InChI=1S/C46H43N2O2.Pt/c1-29(30-15-10-8-11-16-30)33-23-34(25-35(24-33)40-26-32(21-22-47-40)31-17-12-9-13-18-31)37-19-14-20-41-42(37)48-44(50-41)38-27-36(45(2,3)4)28-39(43(38)49)46(5,6)7;/h8-24,26-29,49H,1-7H3;/q-1;. The molecule has 5 heteroatoms. The van der Waals surface area contributed by atoms with E-state index in [0.717, 1.165) is 55.7 Å². The van der Waals surface area contributed by atoms with Gasteiger partial charge in [-0.1, -0.05) is 145 Å². The number of aromatic nitrogens is 2. The van der Waals surface area contributed by atoms with Gasteiger partial charge in [0.25, 0.3) is 0 Å². The molecule has 0 radical (unpaired) electrons. The fourth-order valence-electron chi connectivity index (χ4n) is 6.53. The van der Waals surface area contributed by atoms with Crippen molar-refractivity contribution in [2.24, 2.45) is 0 Å². The van der Waals surface area contributed by atoms with Gasteiger partial charge in [0.2, 0.25) is 5.89 Å². The molecule has 7 aromatic rings. The molecule has 260 valence electrons. The average molecular weight is 851 g/mol. The minimum Gasteiger partial charge on any atom is -0.507 e. The van der Waals surface area contributed by atoms with Crippen LogP contribution in [0.5, 0.6) is 5.75 Å². The summed E-state index contributed by atoms with van der Waals surface area (Å²) in [4.78, 5) is 9.91. The Bertz CT molecular complexity index is 2310. The van der Waals surface area contributed by atoms with E-state index in [1.54, 1.807) is 0 Å². The third-order valence-electron chi connectivity index (χ3n) is 9.56. The molecule has 0 saturated carbocycles. The van der Waals surface area contributed by atoms with E-state index in [0.29, 0.717) is 17.0 Å². The molecule has 7 rings (SSSR count). The molecule has 0 aliphatic heterocycles. The summed E-state index contributed by atoms with van der Waals surface area (Å²) in [6, 6.07) is 43.4. The summed E-state index contributed by atoms with van der Waals surface area (Å²) in [5.74, 6) is 0.726. The van der Waals surface area contributed by atoms with Gasteiger partial charge in [-0.3, -0.25) is 4.98 Å². The topological polar surface area (TPSA) is 59.2 Å². The number of para-hydroxylation sites is 1. The van der Waals surface area contributed by atoms with Crippen LogP contribution in [0.4, 0.5) is 0 Å². The molecule has 51 heavy (non-hydrogen) atoms. The molecule has 1 atom stereocenters. The van der Waals surface area contributed by atoms with E-state index >= 15 is 0 Å². The Morgan fingerprint density at radius 3 is 2.04 bits per heavy atom. The van der Waals surface area contributed by atoms with E-state index < -0.39 is 0 Å². The molecule has 0 fully saturated rings. The summed E-state index contributed by atoms with van der Waals surface area (Å²) in [6.07, 6.45) is 1.87. The van der Waals surface area contributed by atoms with E-state index in [1.165, 1.54) is 5.56 Å². The summed E-state index contributed by atoms with van der Waals surface area (Å²) >= 11 is 0. The Morgan fingerprint density at radius 1 is 0.667 bits per heavy atom. The van der Waals surface area contributed by atoms with Crippen LogP contribution in [-0.4, -0.2) is 15.1 Å². The molecule has 2 aromatic heterocycles. The number of phenols is 1. The number of hydrogen-bond acceptors (Lipinski definition) is 4. The smallest absolute Gasteiger partial charge is 0.230 e. The van der Waals surface area contributed by atoms with E-state index in [2.05, 4.69) is 133 Å². The first-order valence-corrected chi connectivity index (χ1v) is 17.3. The zero-order chi connectivity index (χ0) is 35.2. The van der Waals surface area contributed by atoms with Gasteiger partial charge in [-0.25, -0.2) is 4.98 Å². The van der Waals surface area contributed by atoms with Crippen LogP contribution in [0.15, 0.2) is 126 Å². The maximum Gasteiger partial charge on any atom is 0.230 e. The quantitative estimate of drug-likeness (QED) is 0.169. The van der Waals surface area contributed by atoms with Gasteiger partial charge in [0.1, 0.15) is 11.3 Å². The van der Waals surface area contributed by atoms with Crippen LogP contribution in [0.3, 0.4) is 0 Å². The van der Waals surface area contributed by atoms with Crippen LogP contribution in [-0.2, 0) is 31.9 Å². The predicted molar refractivity (Wildman–Crippen MR) is 205 cm³/mol. The van der Waals surface area contributed by atoms with Crippen LogP contribution < -0.4 is 0 Å². The minimum atomic E-state index is -0.273. The van der Waals surface area contributed by atoms with Crippen molar-refractivity contribution >= 4 is 11.1 Å². The third kappa shape index (κ3) is 7.34. The Morgan fingerprint density at radius 2 is 1.35 bits per heavy atom. The number of oxazole rings is 1. The normalized spacial score (nSPS) is 12.5. The molecule has 0 amide bonds. The molecule has 5 aromatic carbocycles. The Kier molecular flexibility index (Phi) is 9.94. The number of aromatic hydroxyl groups is 1. The summed E-state index contributed by atoms with van der Waals surface area (Å²) in [6.45, 7) is 15.1. The maximum absolute atomic E-state index is 11.6. The van der Waals surface area contributed by atoms with Crippen molar-refractivity contribution in [3.05, 3.63) is 150 Å².